The second-order valence-electron chi connectivity index (χ2n) is 2.40. The molecule has 1 rings (SSSR count). The summed E-state index contributed by atoms with van der Waals surface area (Å²) < 4.78 is 1.94. The van der Waals surface area contributed by atoms with Crippen LogP contribution >= 0.6 is 0 Å². The van der Waals surface area contributed by atoms with Crippen molar-refractivity contribution >= 4 is 6.21 Å². The predicted octanol–water partition coefficient (Wildman–Crippen LogP) is -2.37. The zero-order valence-corrected chi connectivity index (χ0v) is 9.19. The second-order valence-corrected chi connectivity index (χ2v) is 2.40. The van der Waals surface area contributed by atoms with Crippen LogP contribution in [0.4, 0.5) is 0 Å². The van der Waals surface area contributed by atoms with Crippen molar-refractivity contribution in [2.45, 2.75) is 6.92 Å². The average Bonchev–Trinajstić information content (AvgIpc) is 1.99. The van der Waals surface area contributed by atoms with Crippen LogP contribution in [0, 0.1) is 6.92 Å². The second kappa shape index (κ2) is 5.08. The van der Waals surface area contributed by atoms with Gasteiger partial charge < -0.3 is 29.2 Å². The van der Waals surface area contributed by atoms with Gasteiger partial charge >= 0.3 is 0 Å². The van der Waals surface area contributed by atoms with Crippen LogP contribution < -0.4 is 28.5 Å². The molecule has 1 heterocycles. The first-order valence-corrected chi connectivity index (χ1v) is 3.39. The van der Waals surface area contributed by atoms with E-state index in [1.165, 1.54) is 6.21 Å². The molecule has 0 fully saturated rings. The molecule has 0 unspecified atom stereocenters. The maximum Gasteiger partial charge on any atom is 0.227 e. The van der Waals surface area contributed by atoms with E-state index in [0.717, 1.165) is 11.4 Å². The number of hydrogen-bond acceptors (Lipinski definition) is 2. The Hall–Kier alpha value is -0.650. The predicted molar refractivity (Wildman–Crippen MR) is 41.7 cm³/mol. The first-order valence-electron chi connectivity index (χ1n) is 3.39. The van der Waals surface area contributed by atoms with Gasteiger partial charge in [-0.15, -0.1) is 0 Å². The zero-order valence-electron chi connectivity index (χ0n) is 7.03. The summed E-state index contributed by atoms with van der Waals surface area (Å²) in [6, 6.07) is 5.80. The lowest BCUT2D eigenvalue weighted by atomic mass is 10.3. The monoisotopic (exact) mass is 278 g/mol. The minimum absolute atomic E-state index is 0. The highest BCUT2D eigenvalue weighted by atomic mass is 127. The van der Waals surface area contributed by atoms with Crippen molar-refractivity contribution in [3.63, 3.8) is 0 Å². The summed E-state index contributed by atoms with van der Waals surface area (Å²) in [5.41, 5.74) is 2.01. The van der Waals surface area contributed by atoms with Gasteiger partial charge in [-0.25, -0.2) is 0 Å². The molecule has 12 heavy (non-hydrogen) atoms. The molecule has 1 aromatic rings. The van der Waals surface area contributed by atoms with Crippen LogP contribution in [0.25, 0.3) is 0 Å². The fourth-order valence-electron chi connectivity index (χ4n) is 0.902. The fraction of sp³-hybridized carbons (Fsp3) is 0.250. The molecule has 66 valence electrons. The Labute approximate surface area is 88.7 Å². The van der Waals surface area contributed by atoms with Gasteiger partial charge in [-0.05, 0) is 6.07 Å². The van der Waals surface area contributed by atoms with Crippen LogP contribution in [0.3, 0.4) is 0 Å². The average molecular weight is 278 g/mol. The van der Waals surface area contributed by atoms with Gasteiger partial charge in [-0.2, -0.15) is 4.57 Å². The molecule has 0 atom stereocenters. The third kappa shape index (κ3) is 2.44. The van der Waals surface area contributed by atoms with Crippen molar-refractivity contribution in [2.75, 3.05) is 0 Å². The molecule has 1 aromatic heterocycles. The maximum absolute atomic E-state index is 8.29. The quantitative estimate of drug-likeness (QED) is 0.201. The molecular formula is C8H11IN2O. The molecule has 0 spiro atoms. The first kappa shape index (κ1) is 11.4. The lowest BCUT2D eigenvalue weighted by Gasteiger charge is -1.94. The van der Waals surface area contributed by atoms with E-state index < -0.39 is 0 Å². The molecule has 1 N–H and O–H groups in total. The molecule has 0 saturated heterocycles. The van der Waals surface area contributed by atoms with Crippen LogP contribution in [0.2, 0.25) is 0 Å². The Kier molecular flexibility index (Phi) is 4.80. The highest BCUT2D eigenvalue weighted by molar-refractivity contribution is 5.74. The van der Waals surface area contributed by atoms with Gasteiger partial charge in [-0.3, -0.25) is 0 Å². The van der Waals surface area contributed by atoms with Crippen LogP contribution in [-0.4, -0.2) is 11.4 Å². The van der Waals surface area contributed by atoms with Gasteiger partial charge in [0.15, 0.2) is 5.69 Å². The number of rotatable bonds is 1. The minimum atomic E-state index is 0. The van der Waals surface area contributed by atoms with Crippen molar-refractivity contribution in [1.29, 1.82) is 0 Å². The summed E-state index contributed by atoms with van der Waals surface area (Å²) in [4.78, 5) is 0. The summed E-state index contributed by atoms with van der Waals surface area (Å²) in [6.45, 7) is 1.99. The van der Waals surface area contributed by atoms with E-state index >= 15 is 0 Å². The van der Waals surface area contributed by atoms with Gasteiger partial charge in [0.25, 0.3) is 0 Å². The van der Waals surface area contributed by atoms with E-state index in [2.05, 4.69) is 5.16 Å². The molecule has 0 radical (unpaired) electrons. The molecule has 0 aliphatic heterocycles. The van der Waals surface area contributed by atoms with Crippen LogP contribution in [0.15, 0.2) is 23.4 Å². The van der Waals surface area contributed by atoms with Crippen LogP contribution in [0.1, 0.15) is 11.4 Å². The molecule has 0 aromatic carbocycles. The summed E-state index contributed by atoms with van der Waals surface area (Å²) in [6.07, 6.45) is 1.41. The number of oxime groups is 1. The van der Waals surface area contributed by atoms with Crippen molar-refractivity contribution < 1.29 is 33.8 Å². The number of aromatic nitrogens is 1. The van der Waals surface area contributed by atoms with Crippen molar-refractivity contribution in [3.8, 4) is 0 Å². The third-order valence-corrected chi connectivity index (χ3v) is 1.71. The van der Waals surface area contributed by atoms with Crippen molar-refractivity contribution in [3.05, 3.63) is 29.6 Å². The van der Waals surface area contributed by atoms with Gasteiger partial charge in [0.1, 0.15) is 13.3 Å². The van der Waals surface area contributed by atoms with Gasteiger partial charge in [0.05, 0.1) is 0 Å². The Balaban J connectivity index is 0.00000121. The summed E-state index contributed by atoms with van der Waals surface area (Å²) in [7, 11) is 1.92. The number of hydrogen-bond donors (Lipinski definition) is 1. The van der Waals surface area contributed by atoms with Crippen LogP contribution in [0.5, 0.6) is 0 Å². The topological polar surface area (TPSA) is 36.5 Å². The number of aryl methyl sites for hydroxylation is 1. The highest BCUT2D eigenvalue weighted by Crippen LogP contribution is 1.91. The van der Waals surface area contributed by atoms with Crippen molar-refractivity contribution in [2.24, 2.45) is 12.2 Å². The fourth-order valence-corrected chi connectivity index (χ4v) is 0.902. The molecule has 0 saturated carbocycles. The smallest absolute Gasteiger partial charge is 0.227 e. The zero-order chi connectivity index (χ0) is 8.27. The summed E-state index contributed by atoms with van der Waals surface area (Å²) in [5.74, 6) is 0. The Morgan fingerprint density at radius 3 is 2.75 bits per heavy atom. The molecule has 0 bridgehead atoms. The van der Waals surface area contributed by atoms with E-state index in [1.54, 1.807) is 0 Å². The SMILES string of the molecule is Cc1cccc(/C=N/O)[n+]1C.[I-]. The molecule has 0 amide bonds. The summed E-state index contributed by atoms with van der Waals surface area (Å²) in [5, 5.41) is 11.3. The Morgan fingerprint density at radius 1 is 1.50 bits per heavy atom. The lowest BCUT2D eigenvalue weighted by Crippen LogP contribution is -3.00. The summed E-state index contributed by atoms with van der Waals surface area (Å²) >= 11 is 0. The highest BCUT2D eigenvalue weighted by Gasteiger charge is 2.04. The third-order valence-electron chi connectivity index (χ3n) is 1.71. The molecule has 0 aliphatic carbocycles. The largest absolute Gasteiger partial charge is 1.00 e. The normalized spacial score (nSPS) is 9.83. The maximum atomic E-state index is 8.29. The molecule has 0 aliphatic rings. The Bertz CT molecular complexity index is 286. The number of halogens is 1. The van der Waals surface area contributed by atoms with E-state index in [0.29, 0.717) is 0 Å². The molecule has 3 nitrogen and oxygen atoms in total. The van der Waals surface area contributed by atoms with E-state index in [-0.39, 0.29) is 24.0 Å². The van der Waals surface area contributed by atoms with E-state index in [4.69, 9.17) is 5.21 Å². The Morgan fingerprint density at radius 2 is 2.17 bits per heavy atom. The number of nitrogens with zero attached hydrogens (tertiary/aromatic N) is 2. The molecule has 4 heteroatoms. The van der Waals surface area contributed by atoms with Gasteiger partial charge in [-0.1, -0.05) is 5.16 Å². The lowest BCUT2D eigenvalue weighted by molar-refractivity contribution is -0.678. The van der Waals surface area contributed by atoms with Gasteiger partial charge in [0.2, 0.25) is 5.69 Å². The van der Waals surface area contributed by atoms with E-state index in [9.17, 15) is 0 Å². The van der Waals surface area contributed by atoms with Crippen LogP contribution in [-0.2, 0) is 7.05 Å². The standard InChI is InChI=1S/C8H10N2O.HI/c1-7-4-3-5-8(6-9-11)10(7)2;/h3-6H,1-2H3;1H. The minimum Gasteiger partial charge on any atom is -1.00 e. The first-order chi connectivity index (χ1) is 5.25. The molecular weight excluding hydrogens is 267 g/mol. The van der Waals surface area contributed by atoms with Crippen molar-refractivity contribution in [1.82, 2.24) is 0 Å². The number of pyridine rings is 1. The van der Waals surface area contributed by atoms with Gasteiger partial charge in [0, 0.05) is 19.1 Å². The van der Waals surface area contributed by atoms with E-state index in [1.807, 2.05) is 36.7 Å².